The number of para-hydroxylation sites is 2. The number of thiazole rings is 1. The van der Waals surface area contributed by atoms with Crippen molar-refractivity contribution < 1.29 is 4.79 Å². The number of benzene rings is 1. The second-order valence-electron chi connectivity index (χ2n) is 7.02. The molecule has 0 saturated heterocycles. The fraction of sp³-hybridized carbons (Fsp3) is 0.450. The number of nitrogens with one attached hydrogen (secondary N) is 1. The maximum absolute atomic E-state index is 12.8. The topological polar surface area (TPSA) is 59.8 Å². The molecule has 0 aliphatic rings. The zero-order valence-electron chi connectivity index (χ0n) is 16.0. The highest BCUT2D eigenvalue weighted by molar-refractivity contribution is 7.13. The second-order valence-corrected chi connectivity index (χ2v) is 8.10. The van der Waals surface area contributed by atoms with Crippen LogP contribution in [0.4, 0.5) is 0 Å². The highest BCUT2D eigenvalue weighted by Crippen LogP contribution is 2.24. The summed E-state index contributed by atoms with van der Waals surface area (Å²) in [6, 6.07) is 7.89. The molecule has 0 saturated carbocycles. The van der Waals surface area contributed by atoms with Crippen LogP contribution in [-0.4, -0.2) is 20.4 Å². The van der Waals surface area contributed by atoms with E-state index in [0.717, 1.165) is 40.5 Å². The molecule has 1 N–H and O–H groups in total. The number of aryl methyl sites for hydroxylation is 2. The quantitative estimate of drug-likeness (QED) is 0.694. The number of aromatic nitrogens is 3. The summed E-state index contributed by atoms with van der Waals surface area (Å²) in [5, 5.41) is 4.13. The van der Waals surface area contributed by atoms with Gasteiger partial charge in [0.25, 0.3) is 5.91 Å². The van der Waals surface area contributed by atoms with Crippen LogP contribution in [-0.2, 0) is 13.0 Å². The smallest absolute Gasteiger partial charge is 0.263 e. The van der Waals surface area contributed by atoms with Crippen LogP contribution >= 0.6 is 11.3 Å². The van der Waals surface area contributed by atoms with Crippen LogP contribution in [0.15, 0.2) is 24.3 Å². The van der Waals surface area contributed by atoms with Crippen molar-refractivity contribution in [1.82, 2.24) is 19.9 Å². The standard InChI is InChI=1S/C20H26N4OS/c1-6-24-16-10-8-7-9-15(16)23-19(24)14(5)22-20(25)18-13(4)21-17(26-18)11-12(2)3/h7-10,12,14H,6,11H2,1-5H3,(H,22,25). The van der Waals surface area contributed by atoms with Gasteiger partial charge in [-0.05, 0) is 38.8 Å². The lowest BCUT2D eigenvalue weighted by atomic mass is 10.1. The van der Waals surface area contributed by atoms with Crippen LogP contribution < -0.4 is 5.32 Å². The van der Waals surface area contributed by atoms with E-state index in [9.17, 15) is 4.79 Å². The lowest BCUT2D eigenvalue weighted by Gasteiger charge is -2.15. The van der Waals surface area contributed by atoms with Crippen molar-refractivity contribution in [2.24, 2.45) is 5.92 Å². The Morgan fingerprint density at radius 3 is 2.65 bits per heavy atom. The average Bonchev–Trinajstić information content (AvgIpc) is 3.14. The Morgan fingerprint density at radius 1 is 1.23 bits per heavy atom. The van der Waals surface area contributed by atoms with Gasteiger partial charge < -0.3 is 9.88 Å². The highest BCUT2D eigenvalue weighted by Gasteiger charge is 2.21. The van der Waals surface area contributed by atoms with Crippen LogP contribution in [0.1, 0.15) is 59.9 Å². The van der Waals surface area contributed by atoms with E-state index in [2.05, 4.69) is 41.7 Å². The number of fused-ring (bicyclic) bond motifs is 1. The Morgan fingerprint density at radius 2 is 1.96 bits per heavy atom. The third-order valence-electron chi connectivity index (χ3n) is 4.37. The SMILES string of the molecule is CCn1c(C(C)NC(=O)c2sc(CC(C)C)nc2C)nc2ccccc21. The molecule has 1 aromatic carbocycles. The van der Waals surface area contributed by atoms with E-state index in [1.165, 1.54) is 11.3 Å². The molecule has 0 bridgehead atoms. The summed E-state index contributed by atoms with van der Waals surface area (Å²) in [5.41, 5.74) is 2.86. The summed E-state index contributed by atoms with van der Waals surface area (Å²) in [6.07, 6.45) is 0.903. The van der Waals surface area contributed by atoms with Crippen LogP contribution in [0.2, 0.25) is 0 Å². The molecule has 1 unspecified atom stereocenters. The summed E-state index contributed by atoms with van der Waals surface area (Å²) >= 11 is 1.50. The monoisotopic (exact) mass is 370 g/mol. The first-order valence-electron chi connectivity index (χ1n) is 9.13. The Balaban J connectivity index is 1.83. The van der Waals surface area contributed by atoms with E-state index in [4.69, 9.17) is 4.98 Å². The molecule has 26 heavy (non-hydrogen) atoms. The Bertz CT molecular complexity index is 925. The molecule has 138 valence electrons. The number of hydrogen-bond acceptors (Lipinski definition) is 4. The number of hydrogen-bond donors (Lipinski definition) is 1. The van der Waals surface area contributed by atoms with E-state index in [0.29, 0.717) is 10.8 Å². The molecule has 3 rings (SSSR count). The van der Waals surface area contributed by atoms with E-state index in [1.807, 2.05) is 32.0 Å². The second kappa shape index (κ2) is 7.58. The molecule has 0 spiro atoms. The summed E-state index contributed by atoms with van der Waals surface area (Å²) in [6.45, 7) is 11.1. The third-order valence-corrected chi connectivity index (χ3v) is 5.54. The van der Waals surface area contributed by atoms with Crippen molar-refractivity contribution in [2.45, 2.75) is 53.6 Å². The van der Waals surface area contributed by atoms with E-state index >= 15 is 0 Å². The summed E-state index contributed by atoms with van der Waals surface area (Å²) in [7, 11) is 0. The predicted octanol–water partition coefficient (Wildman–Crippen LogP) is 4.51. The molecule has 2 heterocycles. The summed E-state index contributed by atoms with van der Waals surface area (Å²) in [4.78, 5) is 22.8. The first-order chi connectivity index (χ1) is 12.4. The fourth-order valence-electron chi connectivity index (χ4n) is 3.18. The van der Waals surface area contributed by atoms with Gasteiger partial charge in [-0.3, -0.25) is 4.79 Å². The zero-order chi connectivity index (χ0) is 18.8. The van der Waals surface area contributed by atoms with Gasteiger partial charge in [-0.1, -0.05) is 26.0 Å². The normalized spacial score (nSPS) is 12.7. The molecule has 1 atom stereocenters. The molecule has 5 nitrogen and oxygen atoms in total. The number of carbonyl (C=O) groups excluding carboxylic acids is 1. The average molecular weight is 371 g/mol. The molecule has 3 aromatic rings. The van der Waals surface area contributed by atoms with Gasteiger partial charge in [-0.2, -0.15) is 0 Å². The first kappa shape index (κ1) is 18.6. The minimum absolute atomic E-state index is 0.0720. The number of nitrogens with zero attached hydrogens (tertiary/aromatic N) is 3. The van der Waals surface area contributed by atoms with Gasteiger partial charge >= 0.3 is 0 Å². The van der Waals surface area contributed by atoms with Gasteiger partial charge in [0.15, 0.2) is 0 Å². The molecule has 0 aliphatic carbocycles. The number of imidazole rings is 1. The van der Waals surface area contributed by atoms with Crippen molar-refractivity contribution >= 4 is 28.3 Å². The van der Waals surface area contributed by atoms with Crippen LogP contribution in [0.25, 0.3) is 11.0 Å². The number of rotatable bonds is 6. The first-order valence-corrected chi connectivity index (χ1v) is 9.94. The van der Waals surface area contributed by atoms with Crippen molar-refractivity contribution in [3.05, 3.63) is 45.7 Å². The maximum Gasteiger partial charge on any atom is 0.263 e. The Labute approximate surface area is 158 Å². The van der Waals surface area contributed by atoms with E-state index < -0.39 is 0 Å². The van der Waals surface area contributed by atoms with Crippen molar-refractivity contribution in [2.75, 3.05) is 0 Å². The molecule has 6 heteroatoms. The highest BCUT2D eigenvalue weighted by atomic mass is 32.1. The molecule has 0 radical (unpaired) electrons. The van der Waals surface area contributed by atoms with Crippen molar-refractivity contribution in [3.8, 4) is 0 Å². The lowest BCUT2D eigenvalue weighted by molar-refractivity contribution is 0.0941. The van der Waals surface area contributed by atoms with Gasteiger partial charge in [-0.15, -0.1) is 11.3 Å². The molecule has 0 fully saturated rings. The van der Waals surface area contributed by atoms with Gasteiger partial charge in [0.05, 0.1) is 27.8 Å². The van der Waals surface area contributed by atoms with E-state index in [-0.39, 0.29) is 11.9 Å². The Kier molecular flexibility index (Phi) is 5.41. The number of carbonyl (C=O) groups is 1. The van der Waals surface area contributed by atoms with Gasteiger partial charge in [0, 0.05) is 13.0 Å². The largest absolute Gasteiger partial charge is 0.342 e. The van der Waals surface area contributed by atoms with Gasteiger partial charge in [0.1, 0.15) is 10.7 Å². The van der Waals surface area contributed by atoms with Gasteiger partial charge in [0.2, 0.25) is 0 Å². The maximum atomic E-state index is 12.8. The minimum atomic E-state index is -0.176. The summed E-state index contributed by atoms with van der Waals surface area (Å²) in [5.74, 6) is 1.34. The van der Waals surface area contributed by atoms with Crippen LogP contribution in [0.5, 0.6) is 0 Å². The van der Waals surface area contributed by atoms with Crippen molar-refractivity contribution in [1.29, 1.82) is 0 Å². The predicted molar refractivity (Wildman–Crippen MR) is 107 cm³/mol. The lowest BCUT2D eigenvalue weighted by Crippen LogP contribution is -2.28. The minimum Gasteiger partial charge on any atom is -0.342 e. The number of amides is 1. The zero-order valence-corrected chi connectivity index (χ0v) is 16.9. The molecular weight excluding hydrogens is 344 g/mol. The van der Waals surface area contributed by atoms with Crippen molar-refractivity contribution in [3.63, 3.8) is 0 Å². The molecule has 1 amide bonds. The molecule has 0 aliphatic heterocycles. The Hall–Kier alpha value is -2.21. The van der Waals surface area contributed by atoms with Crippen LogP contribution in [0, 0.1) is 12.8 Å². The van der Waals surface area contributed by atoms with E-state index in [1.54, 1.807) is 0 Å². The van der Waals surface area contributed by atoms with Gasteiger partial charge in [-0.25, -0.2) is 9.97 Å². The summed E-state index contributed by atoms with van der Waals surface area (Å²) < 4.78 is 2.16. The third kappa shape index (κ3) is 3.65. The molecule has 2 aromatic heterocycles. The van der Waals surface area contributed by atoms with Crippen LogP contribution in [0.3, 0.4) is 0 Å². The molecular formula is C20H26N4OS. The fourth-order valence-corrected chi connectivity index (χ4v) is 4.36.